The molecular weight excluding hydrogens is 770 g/mol. The fraction of sp³-hybridized carbons (Fsp3) is 0.280. The molecular formula is C50H49ClF2O6. The van der Waals surface area contributed by atoms with Gasteiger partial charge in [-0.1, -0.05) is 157 Å². The van der Waals surface area contributed by atoms with Crippen molar-refractivity contribution >= 4 is 11.6 Å². The Labute approximate surface area is 350 Å². The van der Waals surface area contributed by atoms with Crippen LogP contribution in [0.25, 0.3) is 0 Å². The molecule has 306 valence electrons. The van der Waals surface area contributed by atoms with Crippen LogP contribution in [0.15, 0.2) is 164 Å². The molecule has 59 heavy (non-hydrogen) atoms. The highest BCUT2D eigenvalue weighted by Crippen LogP contribution is 2.55. The van der Waals surface area contributed by atoms with E-state index in [0.717, 1.165) is 33.6 Å². The molecule has 6 aromatic rings. The Morgan fingerprint density at radius 3 is 1.59 bits per heavy atom. The summed E-state index contributed by atoms with van der Waals surface area (Å²) in [6.07, 6.45) is -3.81. The van der Waals surface area contributed by atoms with Gasteiger partial charge in [-0.05, 0) is 70.5 Å². The van der Waals surface area contributed by atoms with Crippen LogP contribution >= 0.6 is 11.6 Å². The van der Waals surface area contributed by atoms with Crippen LogP contribution in [-0.2, 0) is 57.4 Å². The van der Waals surface area contributed by atoms with Crippen molar-refractivity contribution in [1.29, 1.82) is 0 Å². The first-order chi connectivity index (χ1) is 28.8. The van der Waals surface area contributed by atoms with E-state index in [1.807, 2.05) is 153 Å². The summed E-state index contributed by atoms with van der Waals surface area (Å²) < 4.78 is 68.0. The third kappa shape index (κ3) is 10.1. The van der Waals surface area contributed by atoms with Gasteiger partial charge in [-0.2, -0.15) is 0 Å². The van der Waals surface area contributed by atoms with Crippen LogP contribution in [0.1, 0.15) is 45.9 Å². The van der Waals surface area contributed by atoms with Gasteiger partial charge in [-0.15, -0.1) is 0 Å². The van der Waals surface area contributed by atoms with Crippen LogP contribution in [-0.4, -0.2) is 42.6 Å². The van der Waals surface area contributed by atoms with Crippen molar-refractivity contribution in [3.05, 3.63) is 208 Å². The second-order valence-corrected chi connectivity index (χ2v) is 15.2. The highest BCUT2D eigenvalue weighted by atomic mass is 35.5. The normalized spacial score (nSPS) is 21.2. The zero-order chi connectivity index (χ0) is 41.1. The smallest absolute Gasteiger partial charge is 0.290 e. The molecule has 1 saturated carbocycles. The van der Waals surface area contributed by atoms with Gasteiger partial charge in [-0.3, -0.25) is 0 Å². The van der Waals surface area contributed by atoms with Gasteiger partial charge in [0.05, 0.1) is 51.7 Å². The van der Waals surface area contributed by atoms with Crippen molar-refractivity contribution in [2.45, 2.75) is 69.6 Å². The van der Waals surface area contributed by atoms with E-state index in [-0.39, 0.29) is 32.0 Å². The molecule has 1 aliphatic rings. The molecule has 6 nitrogen and oxygen atoms in total. The van der Waals surface area contributed by atoms with E-state index < -0.39 is 42.4 Å². The summed E-state index contributed by atoms with van der Waals surface area (Å²) >= 11 is 6.79. The number of halogens is 3. The SMILES string of the molecule is CCOc1ccc(Cc2cc(C3(O)C(OCc4ccccc4)C(OCc4ccccc4)C(OCc4ccccc4)C(COCc4ccccc4)C3(F)F)ccc2Cl)cc1. The Balaban J connectivity index is 1.34. The second kappa shape index (κ2) is 19.9. The first-order valence-electron chi connectivity index (χ1n) is 19.9. The summed E-state index contributed by atoms with van der Waals surface area (Å²) in [7, 11) is 0. The first-order valence-corrected chi connectivity index (χ1v) is 20.3. The predicted molar refractivity (Wildman–Crippen MR) is 225 cm³/mol. The van der Waals surface area contributed by atoms with Crippen LogP contribution in [0.2, 0.25) is 5.02 Å². The predicted octanol–water partition coefficient (Wildman–Crippen LogP) is 10.8. The van der Waals surface area contributed by atoms with Crippen LogP contribution < -0.4 is 4.74 Å². The Kier molecular flexibility index (Phi) is 14.2. The van der Waals surface area contributed by atoms with Crippen LogP contribution in [0.5, 0.6) is 5.75 Å². The van der Waals surface area contributed by atoms with E-state index in [2.05, 4.69) is 0 Å². The summed E-state index contributed by atoms with van der Waals surface area (Å²) in [5.41, 5.74) is 1.60. The zero-order valence-electron chi connectivity index (χ0n) is 33.0. The van der Waals surface area contributed by atoms with Crippen molar-refractivity contribution in [1.82, 2.24) is 0 Å². The molecule has 0 spiro atoms. The van der Waals surface area contributed by atoms with E-state index in [4.69, 9.17) is 35.3 Å². The van der Waals surface area contributed by atoms with Crippen molar-refractivity contribution in [3.63, 3.8) is 0 Å². The maximum atomic E-state index is 18.2. The minimum absolute atomic E-state index is 0.0129. The van der Waals surface area contributed by atoms with Gasteiger partial charge in [-0.25, -0.2) is 8.78 Å². The lowest BCUT2D eigenvalue weighted by Crippen LogP contribution is -2.72. The van der Waals surface area contributed by atoms with Crippen LogP contribution in [0.3, 0.4) is 0 Å². The molecule has 6 aromatic carbocycles. The van der Waals surface area contributed by atoms with Gasteiger partial charge in [0.25, 0.3) is 5.92 Å². The minimum atomic E-state index is -3.90. The van der Waals surface area contributed by atoms with Gasteiger partial charge in [0.2, 0.25) is 0 Å². The Hall–Kier alpha value is -4.93. The summed E-state index contributed by atoms with van der Waals surface area (Å²) in [6, 6.07) is 49.6. The fourth-order valence-corrected chi connectivity index (χ4v) is 7.88. The van der Waals surface area contributed by atoms with E-state index in [9.17, 15) is 5.11 Å². The standard InChI is InChI=1S/C50H49ClF2O6/c1-2-56-43-26-23-36(24-27-43)29-41-30-42(25-28-45(41)51)49(54)48(59-34-40-21-13-6-14-22-40)47(58-33-39-19-11-5-12-20-39)46(57-32-38-17-9-4-10-18-38)44(50(49,52)53)35-55-31-37-15-7-3-8-16-37/h3-28,30,44,46-48,54H,2,29,31-35H2,1H3. The maximum Gasteiger partial charge on any atom is 0.290 e. The van der Waals surface area contributed by atoms with Gasteiger partial charge >= 0.3 is 0 Å². The molecule has 1 fully saturated rings. The highest BCUT2D eigenvalue weighted by molar-refractivity contribution is 6.31. The second-order valence-electron chi connectivity index (χ2n) is 14.8. The van der Waals surface area contributed by atoms with Crippen molar-refractivity contribution < 1.29 is 37.6 Å². The van der Waals surface area contributed by atoms with Crippen molar-refractivity contribution in [2.75, 3.05) is 13.2 Å². The molecule has 0 amide bonds. The Morgan fingerprint density at radius 2 is 1.07 bits per heavy atom. The molecule has 7 rings (SSSR count). The van der Waals surface area contributed by atoms with E-state index >= 15 is 8.78 Å². The first kappa shape index (κ1) is 42.2. The number of hydrogen-bond donors (Lipinski definition) is 1. The molecule has 0 radical (unpaired) electrons. The van der Waals surface area contributed by atoms with Crippen LogP contribution in [0.4, 0.5) is 8.78 Å². The molecule has 0 saturated heterocycles. The van der Waals surface area contributed by atoms with Crippen LogP contribution in [0, 0.1) is 5.92 Å². The Morgan fingerprint density at radius 1 is 0.576 bits per heavy atom. The summed E-state index contributed by atoms with van der Waals surface area (Å²) in [5.74, 6) is -4.87. The third-order valence-corrected chi connectivity index (χ3v) is 11.1. The minimum Gasteiger partial charge on any atom is -0.494 e. The number of aliphatic hydroxyl groups is 1. The number of alkyl halides is 2. The molecule has 0 heterocycles. The van der Waals surface area contributed by atoms with Crippen molar-refractivity contribution in [2.24, 2.45) is 5.92 Å². The van der Waals surface area contributed by atoms with E-state index in [1.165, 1.54) is 6.07 Å². The lowest BCUT2D eigenvalue weighted by Gasteiger charge is -2.55. The van der Waals surface area contributed by atoms with Crippen molar-refractivity contribution in [3.8, 4) is 5.75 Å². The summed E-state index contributed by atoms with van der Waals surface area (Å²) in [4.78, 5) is 0. The monoisotopic (exact) mass is 818 g/mol. The maximum absolute atomic E-state index is 18.2. The number of benzene rings is 6. The third-order valence-electron chi connectivity index (χ3n) is 10.8. The summed E-state index contributed by atoms with van der Waals surface area (Å²) in [5, 5.41) is 13.6. The molecule has 5 unspecified atom stereocenters. The van der Waals surface area contributed by atoms with Gasteiger partial charge in [0, 0.05) is 5.02 Å². The fourth-order valence-electron chi connectivity index (χ4n) is 7.69. The quantitative estimate of drug-likeness (QED) is 0.0932. The van der Waals surface area contributed by atoms with E-state index in [0.29, 0.717) is 23.6 Å². The molecule has 0 aliphatic heterocycles. The topological polar surface area (TPSA) is 66.4 Å². The Bertz CT molecular complexity index is 2180. The van der Waals surface area contributed by atoms with Gasteiger partial charge in [0.1, 0.15) is 18.0 Å². The number of ether oxygens (including phenoxy) is 5. The number of hydrogen-bond acceptors (Lipinski definition) is 6. The summed E-state index contributed by atoms with van der Waals surface area (Å²) in [6.45, 7) is 2.05. The lowest BCUT2D eigenvalue weighted by molar-refractivity contribution is -0.351. The average molecular weight is 819 g/mol. The lowest BCUT2D eigenvalue weighted by atomic mass is 9.66. The molecule has 9 heteroatoms. The van der Waals surface area contributed by atoms with Gasteiger partial charge in [0.15, 0.2) is 5.60 Å². The molecule has 1 N–H and O–H groups in total. The molecule has 0 bridgehead atoms. The number of rotatable bonds is 18. The highest BCUT2D eigenvalue weighted by Gasteiger charge is 2.72. The molecule has 1 aliphatic carbocycles. The molecule has 0 aromatic heterocycles. The van der Waals surface area contributed by atoms with Gasteiger partial charge < -0.3 is 28.8 Å². The zero-order valence-corrected chi connectivity index (χ0v) is 33.7. The average Bonchev–Trinajstić information content (AvgIpc) is 3.27. The van der Waals surface area contributed by atoms with E-state index in [1.54, 1.807) is 12.1 Å². The molecule has 5 atom stereocenters. The largest absolute Gasteiger partial charge is 0.494 e.